The van der Waals surface area contributed by atoms with Crippen LogP contribution in [-0.4, -0.2) is 56.6 Å². The van der Waals surface area contributed by atoms with Gasteiger partial charge in [-0.15, -0.1) is 0 Å². The summed E-state index contributed by atoms with van der Waals surface area (Å²) in [4.78, 5) is 25.5. The van der Waals surface area contributed by atoms with Gasteiger partial charge in [0.15, 0.2) is 0 Å². The highest BCUT2D eigenvalue weighted by molar-refractivity contribution is 5.73. The molecule has 27 heavy (non-hydrogen) atoms. The first-order chi connectivity index (χ1) is 12.6. The van der Waals surface area contributed by atoms with Crippen LogP contribution in [0.2, 0.25) is 0 Å². The second-order valence-electron chi connectivity index (χ2n) is 7.69. The van der Waals surface area contributed by atoms with Crippen molar-refractivity contribution >= 4 is 12.1 Å². The van der Waals surface area contributed by atoms with Crippen molar-refractivity contribution in [3.8, 4) is 0 Å². The molecule has 1 aliphatic carbocycles. The summed E-state index contributed by atoms with van der Waals surface area (Å²) in [6, 6.07) is 8.61. The lowest BCUT2D eigenvalue weighted by atomic mass is 9.87. The summed E-state index contributed by atoms with van der Waals surface area (Å²) in [7, 11) is 0. The third kappa shape index (κ3) is 5.72. The normalized spacial score (nSPS) is 22.7. The van der Waals surface area contributed by atoms with Crippen molar-refractivity contribution in [2.24, 2.45) is 5.92 Å². The van der Waals surface area contributed by atoms with Crippen molar-refractivity contribution < 1.29 is 29.6 Å². The minimum atomic E-state index is -1.36. The maximum atomic E-state index is 12.8. The van der Waals surface area contributed by atoms with Crippen LogP contribution in [0, 0.1) is 5.92 Å². The third-order valence-electron chi connectivity index (χ3n) is 4.36. The number of aliphatic hydroxyl groups is 2. The lowest BCUT2D eigenvalue weighted by Crippen LogP contribution is -2.52. The zero-order chi connectivity index (χ0) is 20.2. The largest absolute Gasteiger partial charge is 0.510 e. The predicted molar refractivity (Wildman–Crippen MR) is 99.3 cm³/mol. The molecule has 1 aromatic rings. The van der Waals surface area contributed by atoms with Crippen LogP contribution < -0.4 is 0 Å². The topological polar surface area (TPSA) is 107 Å². The zero-order valence-corrected chi connectivity index (χ0v) is 15.8. The summed E-state index contributed by atoms with van der Waals surface area (Å²) in [5, 5.41) is 29.7. The van der Waals surface area contributed by atoms with Gasteiger partial charge in [0.2, 0.25) is 0 Å². The van der Waals surface area contributed by atoms with Crippen molar-refractivity contribution in [2.45, 2.75) is 51.4 Å². The van der Waals surface area contributed by atoms with Crippen LogP contribution in [0.3, 0.4) is 0 Å². The second-order valence-corrected chi connectivity index (χ2v) is 7.69. The number of carboxylic acids is 1. The van der Waals surface area contributed by atoms with Crippen molar-refractivity contribution in [1.29, 1.82) is 0 Å². The van der Waals surface area contributed by atoms with E-state index in [1.54, 1.807) is 20.8 Å². The lowest BCUT2D eigenvalue weighted by molar-refractivity contribution is -0.141. The van der Waals surface area contributed by atoms with E-state index < -0.39 is 41.5 Å². The van der Waals surface area contributed by atoms with Crippen LogP contribution in [0.1, 0.15) is 32.8 Å². The Balaban J connectivity index is 2.25. The first-order valence-electron chi connectivity index (χ1n) is 8.93. The van der Waals surface area contributed by atoms with E-state index in [-0.39, 0.29) is 13.0 Å². The Bertz CT molecular complexity index is 694. The number of aliphatic carboxylic acids is 1. The van der Waals surface area contributed by atoms with Gasteiger partial charge in [-0.2, -0.15) is 0 Å². The van der Waals surface area contributed by atoms with E-state index in [2.05, 4.69) is 0 Å². The number of hydrogen-bond acceptors (Lipinski definition) is 5. The number of rotatable bonds is 5. The molecule has 0 aromatic heterocycles. The maximum Gasteiger partial charge on any atom is 0.410 e. The van der Waals surface area contributed by atoms with Crippen molar-refractivity contribution in [3.05, 3.63) is 47.7 Å². The van der Waals surface area contributed by atoms with E-state index in [9.17, 15) is 24.9 Å². The van der Waals surface area contributed by atoms with Gasteiger partial charge in [0.05, 0.1) is 12.0 Å². The van der Waals surface area contributed by atoms with Crippen molar-refractivity contribution in [2.75, 3.05) is 6.54 Å². The fourth-order valence-corrected chi connectivity index (χ4v) is 3.04. The van der Waals surface area contributed by atoms with Gasteiger partial charge in [-0.1, -0.05) is 30.3 Å². The van der Waals surface area contributed by atoms with E-state index in [1.165, 1.54) is 4.90 Å². The fraction of sp³-hybridized carbons (Fsp3) is 0.500. The minimum Gasteiger partial charge on any atom is -0.510 e. The van der Waals surface area contributed by atoms with E-state index in [0.717, 1.165) is 11.6 Å². The number of carbonyl (C=O) groups excluding carboxylic acids is 1. The number of benzene rings is 1. The molecule has 3 unspecified atom stereocenters. The van der Waals surface area contributed by atoms with Crippen LogP contribution in [0.15, 0.2) is 42.2 Å². The van der Waals surface area contributed by atoms with E-state index >= 15 is 0 Å². The first-order valence-corrected chi connectivity index (χ1v) is 8.93. The molecule has 0 heterocycles. The quantitative estimate of drug-likeness (QED) is 0.728. The molecular formula is C20H27NO6. The van der Waals surface area contributed by atoms with Crippen LogP contribution in [0.4, 0.5) is 4.79 Å². The molecule has 7 heteroatoms. The predicted octanol–water partition coefficient (Wildman–Crippen LogP) is 2.74. The molecule has 0 saturated carbocycles. The lowest BCUT2D eigenvalue weighted by Gasteiger charge is -2.38. The van der Waals surface area contributed by atoms with Gasteiger partial charge >= 0.3 is 12.1 Å². The zero-order valence-electron chi connectivity index (χ0n) is 15.8. The number of carboxylic acid groups (broad SMARTS) is 1. The highest BCUT2D eigenvalue weighted by Gasteiger charge is 2.40. The van der Waals surface area contributed by atoms with E-state index in [0.29, 0.717) is 6.42 Å². The monoisotopic (exact) mass is 377 g/mol. The standard InChI is InChI=1S/C20H27NO6/c1-20(2,3)27-19(26)21(10-9-13-7-5-4-6-8-13)15-11-14(18(24)25)12-16(22)17(15)23/h4-8,12,14-15,17,22-23H,9-11H2,1-3H3,(H,24,25). The number of carbonyl (C=O) groups is 2. The summed E-state index contributed by atoms with van der Waals surface area (Å²) in [5.41, 5.74) is 0.247. The summed E-state index contributed by atoms with van der Waals surface area (Å²) >= 11 is 0. The molecule has 0 spiro atoms. The van der Waals surface area contributed by atoms with Gasteiger partial charge in [-0.05, 0) is 45.3 Å². The highest BCUT2D eigenvalue weighted by Crippen LogP contribution is 2.28. The third-order valence-corrected chi connectivity index (χ3v) is 4.36. The Hall–Kier alpha value is -2.54. The Morgan fingerprint density at radius 3 is 2.41 bits per heavy atom. The highest BCUT2D eigenvalue weighted by atomic mass is 16.6. The van der Waals surface area contributed by atoms with Crippen molar-refractivity contribution in [3.63, 3.8) is 0 Å². The van der Waals surface area contributed by atoms with Gasteiger partial charge in [-0.25, -0.2) is 4.79 Å². The Morgan fingerprint density at radius 1 is 1.22 bits per heavy atom. The SMILES string of the molecule is CC(C)(C)OC(=O)N(CCc1ccccc1)C1CC(C(=O)O)C=C(O)C1O. The van der Waals surface area contributed by atoms with E-state index in [4.69, 9.17) is 4.74 Å². The molecular weight excluding hydrogens is 350 g/mol. The molecule has 0 aliphatic heterocycles. The molecule has 3 N–H and O–H groups in total. The van der Waals surface area contributed by atoms with Crippen LogP contribution in [0.5, 0.6) is 0 Å². The molecule has 1 aliphatic rings. The Kier molecular flexibility index (Phi) is 6.49. The number of aliphatic hydroxyl groups excluding tert-OH is 2. The summed E-state index contributed by atoms with van der Waals surface area (Å²) in [6.07, 6.45) is -0.390. The number of amides is 1. The van der Waals surface area contributed by atoms with E-state index in [1.807, 2.05) is 30.3 Å². The molecule has 0 saturated heterocycles. The molecule has 0 fully saturated rings. The van der Waals surface area contributed by atoms with Crippen molar-refractivity contribution in [1.82, 2.24) is 4.90 Å². The summed E-state index contributed by atoms with van der Waals surface area (Å²) in [5.74, 6) is -2.54. The number of nitrogens with zero attached hydrogens (tertiary/aromatic N) is 1. The smallest absolute Gasteiger partial charge is 0.410 e. The molecule has 0 radical (unpaired) electrons. The fourth-order valence-electron chi connectivity index (χ4n) is 3.04. The molecule has 1 aromatic carbocycles. The van der Waals surface area contributed by atoms with Gasteiger partial charge in [0, 0.05) is 6.54 Å². The molecule has 2 rings (SSSR count). The Morgan fingerprint density at radius 2 is 1.85 bits per heavy atom. The summed E-state index contributed by atoms with van der Waals surface area (Å²) < 4.78 is 5.45. The first kappa shape index (κ1) is 20.8. The Labute approximate surface area is 158 Å². The van der Waals surface area contributed by atoms with Crippen LogP contribution >= 0.6 is 0 Å². The van der Waals surface area contributed by atoms with Gasteiger partial charge < -0.3 is 25.0 Å². The minimum absolute atomic E-state index is 0.00536. The van der Waals surface area contributed by atoms with Gasteiger partial charge in [0.25, 0.3) is 0 Å². The number of ether oxygens (including phenoxy) is 1. The number of hydrogen-bond donors (Lipinski definition) is 3. The van der Waals surface area contributed by atoms with Gasteiger partial charge in [0.1, 0.15) is 17.5 Å². The average molecular weight is 377 g/mol. The van der Waals surface area contributed by atoms with Crippen LogP contribution in [0.25, 0.3) is 0 Å². The van der Waals surface area contributed by atoms with Crippen LogP contribution in [-0.2, 0) is 16.0 Å². The van der Waals surface area contributed by atoms with Gasteiger partial charge in [-0.3, -0.25) is 4.79 Å². The molecule has 7 nitrogen and oxygen atoms in total. The average Bonchev–Trinajstić information content (AvgIpc) is 2.57. The molecule has 148 valence electrons. The molecule has 3 atom stereocenters. The summed E-state index contributed by atoms with van der Waals surface area (Å²) in [6.45, 7) is 5.42. The maximum absolute atomic E-state index is 12.8. The second kappa shape index (κ2) is 8.43. The molecule has 0 bridgehead atoms. The molecule has 1 amide bonds.